The molecule has 3 N–H and O–H groups in total. The van der Waals surface area contributed by atoms with Gasteiger partial charge in [0.25, 0.3) is 0 Å². The van der Waals surface area contributed by atoms with E-state index in [1.807, 2.05) is 0 Å². The third-order valence-corrected chi connectivity index (χ3v) is 5.73. The Labute approximate surface area is 110 Å². The molecule has 0 aromatic rings. The molecule has 5 nitrogen and oxygen atoms in total. The van der Waals surface area contributed by atoms with E-state index >= 15 is 0 Å². The predicted molar refractivity (Wildman–Crippen MR) is 67.9 cm³/mol. The van der Waals surface area contributed by atoms with E-state index < -0.39 is 12.0 Å². The van der Waals surface area contributed by atoms with Gasteiger partial charge in [-0.1, -0.05) is 0 Å². The minimum absolute atomic E-state index is 0.0212. The summed E-state index contributed by atoms with van der Waals surface area (Å²) in [5, 5.41) is 9.13. The largest absolute Gasteiger partial charge is 0.480 e. The molecule has 0 spiro atoms. The van der Waals surface area contributed by atoms with Gasteiger partial charge in [-0.2, -0.15) is 0 Å². The van der Waals surface area contributed by atoms with Crippen molar-refractivity contribution in [3.8, 4) is 0 Å². The number of hydrogen-bond donors (Lipinski definition) is 2. The number of carbonyl (C=O) groups excluding carboxylic acids is 1. The molecule has 100 valence electrons. The highest BCUT2D eigenvalue weighted by Gasteiger charge is 2.51. The van der Waals surface area contributed by atoms with Crippen molar-refractivity contribution in [1.29, 1.82) is 0 Å². The number of rotatable bonds is 2. The highest BCUT2D eigenvalue weighted by Crippen LogP contribution is 2.48. The molecule has 2 saturated carbocycles. The standard InChI is InChI=1S/C12H18N2O3S/c13-10-7-2-1-6(3-7)9(10)11(15)14-5-18-4-8(14)12(16)17/h6-10H,1-5,13H2,(H,16,17). The molecular formula is C12H18N2O3S. The van der Waals surface area contributed by atoms with Crippen molar-refractivity contribution in [2.24, 2.45) is 23.5 Å². The number of carboxylic acid groups (broad SMARTS) is 1. The van der Waals surface area contributed by atoms with Crippen LogP contribution in [0.4, 0.5) is 0 Å². The van der Waals surface area contributed by atoms with Crippen LogP contribution in [0.2, 0.25) is 0 Å². The second-order valence-electron chi connectivity index (χ2n) is 5.60. The summed E-state index contributed by atoms with van der Waals surface area (Å²) in [6.07, 6.45) is 3.26. The summed E-state index contributed by atoms with van der Waals surface area (Å²) in [5.41, 5.74) is 6.15. The first-order valence-corrected chi connectivity index (χ1v) is 7.61. The van der Waals surface area contributed by atoms with Crippen LogP contribution in [0.25, 0.3) is 0 Å². The molecule has 0 radical (unpaired) electrons. The molecule has 2 bridgehead atoms. The van der Waals surface area contributed by atoms with Crippen LogP contribution >= 0.6 is 11.8 Å². The first-order chi connectivity index (χ1) is 8.59. The number of carbonyl (C=O) groups is 2. The fourth-order valence-electron chi connectivity index (χ4n) is 3.76. The molecule has 1 saturated heterocycles. The van der Waals surface area contributed by atoms with Crippen LogP contribution in [0.5, 0.6) is 0 Å². The molecule has 18 heavy (non-hydrogen) atoms. The maximum absolute atomic E-state index is 12.5. The van der Waals surface area contributed by atoms with Gasteiger partial charge in [-0.05, 0) is 31.1 Å². The third kappa shape index (κ3) is 1.73. The summed E-state index contributed by atoms with van der Waals surface area (Å²) >= 11 is 1.51. The molecule has 0 aromatic carbocycles. The Hall–Kier alpha value is -0.750. The summed E-state index contributed by atoms with van der Waals surface area (Å²) in [4.78, 5) is 25.2. The molecule has 3 rings (SSSR count). The molecular weight excluding hydrogens is 252 g/mol. The first kappa shape index (κ1) is 12.3. The normalized spacial score (nSPS) is 42.5. The number of aliphatic carboxylic acids is 1. The number of nitrogens with two attached hydrogens (primary N) is 1. The molecule has 0 aromatic heterocycles. The van der Waals surface area contributed by atoms with E-state index in [0.717, 1.165) is 19.3 Å². The van der Waals surface area contributed by atoms with Crippen LogP contribution < -0.4 is 5.73 Å². The van der Waals surface area contributed by atoms with E-state index in [4.69, 9.17) is 10.8 Å². The van der Waals surface area contributed by atoms with Crippen molar-refractivity contribution in [3.05, 3.63) is 0 Å². The lowest BCUT2D eigenvalue weighted by Crippen LogP contribution is -2.50. The van der Waals surface area contributed by atoms with Crippen LogP contribution in [0.3, 0.4) is 0 Å². The van der Waals surface area contributed by atoms with Gasteiger partial charge in [-0.25, -0.2) is 4.79 Å². The first-order valence-electron chi connectivity index (χ1n) is 6.46. The molecule has 1 amide bonds. The minimum Gasteiger partial charge on any atom is -0.480 e. The van der Waals surface area contributed by atoms with Gasteiger partial charge in [-0.3, -0.25) is 4.79 Å². The maximum Gasteiger partial charge on any atom is 0.327 e. The van der Waals surface area contributed by atoms with Gasteiger partial charge in [0.1, 0.15) is 6.04 Å². The van der Waals surface area contributed by atoms with Gasteiger partial charge < -0.3 is 15.7 Å². The maximum atomic E-state index is 12.5. The summed E-state index contributed by atoms with van der Waals surface area (Å²) in [6.45, 7) is 0. The van der Waals surface area contributed by atoms with Gasteiger partial charge in [0.15, 0.2) is 0 Å². The summed E-state index contributed by atoms with van der Waals surface area (Å²) in [5.74, 6) is 0.801. The van der Waals surface area contributed by atoms with Gasteiger partial charge >= 0.3 is 5.97 Å². The number of hydrogen-bond acceptors (Lipinski definition) is 4. The lowest BCUT2D eigenvalue weighted by Gasteiger charge is -2.32. The summed E-state index contributed by atoms with van der Waals surface area (Å²) in [7, 11) is 0. The Balaban J connectivity index is 1.76. The van der Waals surface area contributed by atoms with Crippen LogP contribution in [0.1, 0.15) is 19.3 Å². The van der Waals surface area contributed by atoms with E-state index in [9.17, 15) is 9.59 Å². The Morgan fingerprint density at radius 1 is 1.28 bits per heavy atom. The fraction of sp³-hybridized carbons (Fsp3) is 0.833. The van der Waals surface area contributed by atoms with Crippen molar-refractivity contribution in [3.63, 3.8) is 0 Å². The zero-order valence-corrected chi connectivity index (χ0v) is 10.9. The SMILES string of the molecule is NC1C2CCC(C2)C1C(=O)N1CSCC1C(=O)O. The Bertz CT molecular complexity index is 388. The molecule has 2 aliphatic carbocycles. The summed E-state index contributed by atoms with van der Waals surface area (Å²) in [6, 6.07) is -0.717. The molecule has 6 heteroatoms. The number of carboxylic acids is 1. The van der Waals surface area contributed by atoms with Crippen LogP contribution in [-0.2, 0) is 9.59 Å². The molecule has 5 unspecified atom stereocenters. The Morgan fingerprint density at radius 3 is 2.61 bits per heavy atom. The smallest absolute Gasteiger partial charge is 0.327 e. The van der Waals surface area contributed by atoms with Crippen molar-refractivity contribution in [2.45, 2.75) is 31.3 Å². The van der Waals surface area contributed by atoms with Crippen molar-refractivity contribution in [2.75, 3.05) is 11.6 Å². The number of fused-ring (bicyclic) bond motifs is 2. The number of amides is 1. The minimum atomic E-state index is -0.898. The average molecular weight is 270 g/mol. The second kappa shape index (κ2) is 4.42. The van der Waals surface area contributed by atoms with Crippen LogP contribution in [-0.4, -0.2) is 45.6 Å². The third-order valence-electron chi connectivity index (χ3n) is 4.72. The molecule has 1 heterocycles. The van der Waals surface area contributed by atoms with Crippen molar-refractivity contribution >= 4 is 23.6 Å². The fourth-order valence-corrected chi connectivity index (χ4v) is 4.91. The Kier molecular flexibility index (Phi) is 3.02. The summed E-state index contributed by atoms with van der Waals surface area (Å²) < 4.78 is 0. The molecule has 5 atom stereocenters. The lowest BCUT2D eigenvalue weighted by atomic mass is 9.84. The van der Waals surface area contributed by atoms with Gasteiger partial charge in [0.05, 0.1) is 11.8 Å². The zero-order chi connectivity index (χ0) is 12.9. The van der Waals surface area contributed by atoms with E-state index in [1.165, 1.54) is 16.7 Å². The van der Waals surface area contributed by atoms with Crippen LogP contribution in [0.15, 0.2) is 0 Å². The Morgan fingerprint density at radius 2 is 2.00 bits per heavy atom. The van der Waals surface area contributed by atoms with E-state index in [-0.39, 0.29) is 17.9 Å². The predicted octanol–water partition coefficient (Wildman–Crippen LogP) is 0.346. The van der Waals surface area contributed by atoms with Gasteiger partial charge in [0, 0.05) is 11.8 Å². The molecule has 3 fully saturated rings. The molecule has 3 aliphatic rings. The van der Waals surface area contributed by atoms with E-state index in [2.05, 4.69) is 0 Å². The van der Waals surface area contributed by atoms with E-state index in [0.29, 0.717) is 23.5 Å². The van der Waals surface area contributed by atoms with Crippen molar-refractivity contribution < 1.29 is 14.7 Å². The topological polar surface area (TPSA) is 83.6 Å². The monoisotopic (exact) mass is 270 g/mol. The number of nitrogens with zero attached hydrogens (tertiary/aromatic N) is 1. The lowest BCUT2D eigenvalue weighted by molar-refractivity contribution is -0.150. The van der Waals surface area contributed by atoms with Crippen molar-refractivity contribution in [1.82, 2.24) is 4.90 Å². The quantitative estimate of drug-likeness (QED) is 0.756. The average Bonchev–Trinajstić information content (AvgIpc) is 3.03. The second-order valence-corrected chi connectivity index (χ2v) is 6.60. The highest BCUT2D eigenvalue weighted by atomic mass is 32.2. The van der Waals surface area contributed by atoms with E-state index in [1.54, 1.807) is 0 Å². The van der Waals surface area contributed by atoms with Gasteiger partial charge in [0.2, 0.25) is 5.91 Å². The van der Waals surface area contributed by atoms with Crippen LogP contribution in [0, 0.1) is 17.8 Å². The highest BCUT2D eigenvalue weighted by molar-refractivity contribution is 7.99. The molecule has 1 aliphatic heterocycles. The number of thioether (sulfide) groups is 1. The zero-order valence-electron chi connectivity index (χ0n) is 10.1. The van der Waals surface area contributed by atoms with Gasteiger partial charge in [-0.15, -0.1) is 11.8 Å².